The first kappa shape index (κ1) is 23.4. The van der Waals surface area contributed by atoms with E-state index in [2.05, 4.69) is 5.32 Å². The molecule has 5 nitrogen and oxygen atoms in total. The largest absolute Gasteiger partial charge is 0.484 e. The highest BCUT2D eigenvalue weighted by Crippen LogP contribution is 2.17. The monoisotopic (exact) mass is 414 g/mol. The van der Waals surface area contributed by atoms with Gasteiger partial charge in [0.15, 0.2) is 6.61 Å². The Hall–Kier alpha value is -2.89. The molecule has 0 aromatic heterocycles. The fourth-order valence-electron chi connectivity index (χ4n) is 2.85. The Balaban J connectivity index is 2.13. The van der Waals surface area contributed by atoms with Gasteiger partial charge >= 0.3 is 0 Å². The van der Waals surface area contributed by atoms with E-state index in [1.165, 1.54) is 17.0 Å². The summed E-state index contributed by atoms with van der Waals surface area (Å²) < 4.78 is 18.9. The van der Waals surface area contributed by atoms with E-state index in [1.54, 1.807) is 19.1 Å². The molecule has 0 saturated heterocycles. The van der Waals surface area contributed by atoms with E-state index < -0.39 is 6.04 Å². The molecule has 1 atom stereocenters. The van der Waals surface area contributed by atoms with Gasteiger partial charge in [-0.3, -0.25) is 9.59 Å². The molecule has 0 bridgehead atoms. The van der Waals surface area contributed by atoms with E-state index in [-0.39, 0.29) is 30.8 Å². The summed E-state index contributed by atoms with van der Waals surface area (Å²) in [6.45, 7) is 10.2. The van der Waals surface area contributed by atoms with Crippen LogP contribution in [0.2, 0.25) is 0 Å². The fraction of sp³-hybridized carbons (Fsp3) is 0.417. The minimum atomic E-state index is -0.690. The minimum Gasteiger partial charge on any atom is -0.484 e. The lowest BCUT2D eigenvalue weighted by Gasteiger charge is -2.29. The number of ether oxygens (including phenoxy) is 1. The van der Waals surface area contributed by atoms with Crippen LogP contribution in [-0.4, -0.2) is 35.9 Å². The van der Waals surface area contributed by atoms with Crippen LogP contribution in [0.3, 0.4) is 0 Å². The van der Waals surface area contributed by atoms with Gasteiger partial charge < -0.3 is 15.0 Å². The van der Waals surface area contributed by atoms with Gasteiger partial charge in [0.2, 0.25) is 5.91 Å². The average Bonchev–Trinajstić information content (AvgIpc) is 2.71. The number of benzene rings is 2. The van der Waals surface area contributed by atoms with Crippen molar-refractivity contribution >= 4 is 11.8 Å². The van der Waals surface area contributed by atoms with Crippen LogP contribution in [0.15, 0.2) is 42.5 Å². The van der Waals surface area contributed by atoms with Crippen molar-refractivity contribution in [1.82, 2.24) is 10.2 Å². The number of carbonyl (C=O) groups is 2. The zero-order valence-electron chi connectivity index (χ0n) is 18.4. The number of aryl methyl sites for hydroxylation is 2. The highest BCUT2D eigenvalue weighted by atomic mass is 19.1. The Morgan fingerprint density at radius 3 is 2.30 bits per heavy atom. The van der Waals surface area contributed by atoms with Gasteiger partial charge in [0.1, 0.15) is 17.6 Å². The number of nitrogens with zero attached hydrogens (tertiary/aromatic N) is 1. The Bertz CT molecular complexity index is 865. The first-order valence-corrected chi connectivity index (χ1v) is 10.2. The molecule has 0 heterocycles. The molecule has 0 saturated carbocycles. The number of nitrogens with one attached hydrogen (secondary N) is 1. The van der Waals surface area contributed by atoms with Crippen molar-refractivity contribution in [2.24, 2.45) is 5.92 Å². The van der Waals surface area contributed by atoms with Crippen LogP contribution < -0.4 is 10.1 Å². The van der Waals surface area contributed by atoms with Crippen molar-refractivity contribution in [3.8, 4) is 5.75 Å². The van der Waals surface area contributed by atoms with Crippen molar-refractivity contribution in [1.29, 1.82) is 0 Å². The summed E-state index contributed by atoms with van der Waals surface area (Å²) in [6.07, 6.45) is 0. The third-order valence-electron chi connectivity index (χ3n) is 4.96. The molecule has 1 N–H and O–H groups in total. The summed E-state index contributed by atoms with van der Waals surface area (Å²) in [4.78, 5) is 27.0. The molecule has 162 valence electrons. The predicted octanol–water partition coefficient (Wildman–Crippen LogP) is 4.01. The SMILES string of the molecule is Cc1ccc(OCC(=O)N(Cc2ccc(F)cc2)C(C)C(=O)NCC(C)C)cc1C. The highest BCUT2D eigenvalue weighted by molar-refractivity contribution is 5.87. The van der Waals surface area contributed by atoms with Crippen molar-refractivity contribution in [3.05, 3.63) is 65.0 Å². The molecule has 2 amide bonds. The molecule has 0 aliphatic rings. The van der Waals surface area contributed by atoms with Gasteiger partial charge in [-0.2, -0.15) is 0 Å². The molecule has 0 aliphatic heterocycles. The third-order valence-corrected chi connectivity index (χ3v) is 4.96. The van der Waals surface area contributed by atoms with Gasteiger partial charge in [-0.05, 0) is 67.6 Å². The fourth-order valence-corrected chi connectivity index (χ4v) is 2.85. The summed E-state index contributed by atoms with van der Waals surface area (Å²) in [6, 6.07) is 10.8. The van der Waals surface area contributed by atoms with Crippen LogP contribution in [0.5, 0.6) is 5.75 Å². The topological polar surface area (TPSA) is 58.6 Å². The standard InChI is InChI=1S/C24H31FN2O3/c1-16(2)13-26-24(29)19(5)27(14-20-7-9-21(25)10-8-20)23(28)15-30-22-11-6-17(3)18(4)12-22/h6-12,16,19H,13-15H2,1-5H3,(H,26,29). The lowest BCUT2D eigenvalue weighted by Crippen LogP contribution is -2.49. The van der Waals surface area contributed by atoms with Crippen molar-refractivity contribution in [2.45, 2.75) is 47.2 Å². The summed E-state index contributed by atoms with van der Waals surface area (Å²) in [5.74, 6) is 0.00752. The molecule has 0 aliphatic carbocycles. The summed E-state index contributed by atoms with van der Waals surface area (Å²) in [5.41, 5.74) is 2.95. The zero-order valence-corrected chi connectivity index (χ0v) is 18.4. The number of hydrogen-bond donors (Lipinski definition) is 1. The zero-order chi connectivity index (χ0) is 22.3. The minimum absolute atomic E-state index is 0.186. The van der Waals surface area contributed by atoms with Gasteiger partial charge in [0.05, 0.1) is 0 Å². The van der Waals surface area contributed by atoms with Gasteiger partial charge in [0.25, 0.3) is 5.91 Å². The second kappa shape index (κ2) is 10.8. The molecule has 30 heavy (non-hydrogen) atoms. The Labute approximate surface area is 178 Å². The van der Waals surface area contributed by atoms with E-state index in [1.807, 2.05) is 45.9 Å². The predicted molar refractivity (Wildman–Crippen MR) is 116 cm³/mol. The van der Waals surface area contributed by atoms with E-state index in [0.29, 0.717) is 18.2 Å². The van der Waals surface area contributed by atoms with Crippen LogP contribution >= 0.6 is 0 Å². The summed E-state index contributed by atoms with van der Waals surface area (Å²) in [7, 11) is 0. The molecule has 0 spiro atoms. The average molecular weight is 415 g/mol. The summed E-state index contributed by atoms with van der Waals surface area (Å²) >= 11 is 0. The Kier molecular flexibility index (Phi) is 8.39. The maximum atomic E-state index is 13.3. The molecule has 0 fully saturated rings. The van der Waals surface area contributed by atoms with E-state index in [9.17, 15) is 14.0 Å². The van der Waals surface area contributed by atoms with Crippen molar-refractivity contribution in [3.63, 3.8) is 0 Å². The summed E-state index contributed by atoms with van der Waals surface area (Å²) in [5, 5.41) is 2.87. The second-order valence-electron chi connectivity index (χ2n) is 8.00. The molecule has 2 aromatic rings. The maximum absolute atomic E-state index is 13.3. The number of rotatable bonds is 9. The molecular weight excluding hydrogens is 383 g/mol. The number of halogens is 1. The molecule has 6 heteroatoms. The second-order valence-corrected chi connectivity index (χ2v) is 8.00. The smallest absolute Gasteiger partial charge is 0.261 e. The lowest BCUT2D eigenvalue weighted by molar-refractivity contribution is -0.142. The molecule has 2 aromatic carbocycles. The number of carbonyl (C=O) groups excluding carboxylic acids is 2. The quantitative estimate of drug-likeness (QED) is 0.674. The van der Waals surface area contributed by atoms with Gasteiger partial charge in [-0.1, -0.05) is 32.0 Å². The van der Waals surface area contributed by atoms with Crippen LogP contribution in [-0.2, 0) is 16.1 Å². The van der Waals surface area contributed by atoms with E-state index in [0.717, 1.165) is 16.7 Å². The highest BCUT2D eigenvalue weighted by Gasteiger charge is 2.26. The van der Waals surface area contributed by atoms with Crippen LogP contribution in [0.4, 0.5) is 4.39 Å². The molecular formula is C24H31FN2O3. The van der Waals surface area contributed by atoms with Crippen molar-refractivity contribution < 1.29 is 18.7 Å². The first-order valence-electron chi connectivity index (χ1n) is 10.2. The lowest BCUT2D eigenvalue weighted by atomic mass is 10.1. The molecule has 2 rings (SSSR count). The Morgan fingerprint density at radius 1 is 1.03 bits per heavy atom. The number of amides is 2. The van der Waals surface area contributed by atoms with Crippen LogP contribution in [0.1, 0.15) is 37.5 Å². The molecule has 0 radical (unpaired) electrons. The Morgan fingerprint density at radius 2 is 1.70 bits per heavy atom. The van der Waals surface area contributed by atoms with Crippen LogP contribution in [0, 0.1) is 25.6 Å². The normalized spacial score (nSPS) is 11.8. The van der Waals surface area contributed by atoms with E-state index >= 15 is 0 Å². The molecule has 1 unspecified atom stereocenters. The van der Waals surface area contributed by atoms with Gasteiger partial charge in [-0.25, -0.2) is 4.39 Å². The number of hydrogen-bond acceptors (Lipinski definition) is 3. The van der Waals surface area contributed by atoms with Gasteiger partial charge in [0, 0.05) is 13.1 Å². The van der Waals surface area contributed by atoms with Gasteiger partial charge in [-0.15, -0.1) is 0 Å². The van der Waals surface area contributed by atoms with Crippen LogP contribution in [0.25, 0.3) is 0 Å². The van der Waals surface area contributed by atoms with Crippen molar-refractivity contribution in [2.75, 3.05) is 13.2 Å². The first-order chi connectivity index (χ1) is 14.2. The third kappa shape index (κ3) is 6.87. The van der Waals surface area contributed by atoms with E-state index in [4.69, 9.17) is 4.74 Å². The maximum Gasteiger partial charge on any atom is 0.261 e.